The molecule has 2 aromatic rings. The van der Waals surface area contributed by atoms with Crippen LogP contribution >= 0.6 is 23.2 Å². The van der Waals surface area contributed by atoms with E-state index in [1.54, 1.807) is 13.2 Å². The normalized spacial score (nSPS) is 21.0. The van der Waals surface area contributed by atoms with Crippen LogP contribution in [0, 0.1) is 0 Å². The molecule has 0 aliphatic carbocycles. The molecule has 0 aromatic heterocycles. The number of piperazine rings is 1. The molecule has 24 heavy (non-hydrogen) atoms. The van der Waals surface area contributed by atoms with Gasteiger partial charge in [0.1, 0.15) is 0 Å². The third-order valence-corrected chi connectivity index (χ3v) is 4.82. The van der Waals surface area contributed by atoms with Crippen LogP contribution in [-0.4, -0.2) is 32.8 Å². The van der Waals surface area contributed by atoms with Gasteiger partial charge < -0.3 is 20.7 Å². The van der Waals surface area contributed by atoms with Crippen molar-refractivity contribution in [2.24, 2.45) is 0 Å². The number of hydrogen-bond acceptors (Lipinski definition) is 4. The van der Waals surface area contributed by atoms with Crippen molar-refractivity contribution in [1.82, 2.24) is 5.32 Å². The molecule has 0 unspecified atom stereocenters. The Bertz CT molecular complexity index is 691. The number of ether oxygens (including phenoxy) is 1. The molecule has 2 aromatic carbocycles. The lowest BCUT2D eigenvalue weighted by Crippen LogP contribution is -2.54. The Kier molecular flexibility index (Phi) is 5.51. The minimum atomic E-state index is 0.0967. The van der Waals surface area contributed by atoms with Gasteiger partial charge in [-0.2, -0.15) is 0 Å². The highest BCUT2D eigenvalue weighted by atomic mass is 35.5. The molecule has 1 heterocycles. The van der Waals surface area contributed by atoms with Crippen LogP contribution in [0.4, 0.5) is 11.4 Å². The largest absolute Gasteiger partial charge is 0.397 e. The van der Waals surface area contributed by atoms with Crippen LogP contribution in [0.15, 0.2) is 42.5 Å². The zero-order chi connectivity index (χ0) is 17.1. The first-order valence-corrected chi connectivity index (χ1v) is 8.65. The smallest absolute Gasteiger partial charge is 0.0719 e. The highest BCUT2D eigenvalue weighted by molar-refractivity contribution is 6.31. The minimum absolute atomic E-state index is 0.0967. The Balaban J connectivity index is 2.02. The predicted octanol–water partition coefficient (Wildman–Crippen LogP) is 3.74. The monoisotopic (exact) mass is 365 g/mol. The van der Waals surface area contributed by atoms with E-state index in [0.29, 0.717) is 17.3 Å². The molecule has 0 saturated carbocycles. The molecule has 1 saturated heterocycles. The average Bonchev–Trinajstić information content (AvgIpc) is 2.56. The first kappa shape index (κ1) is 17.4. The van der Waals surface area contributed by atoms with E-state index in [1.165, 1.54) is 5.56 Å². The third-order valence-electron chi connectivity index (χ3n) is 4.33. The summed E-state index contributed by atoms with van der Waals surface area (Å²) in [6, 6.07) is 13.8. The summed E-state index contributed by atoms with van der Waals surface area (Å²) >= 11 is 12.1. The van der Waals surface area contributed by atoms with Gasteiger partial charge in [-0.25, -0.2) is 0 Å². The van der Waals surface area contributed by atoms with E-state index in [2.05, 4.69) is 22.3 Å². The second kappa shape index (κ2) is 7.62. The molecular weight excluding hydrogens is 345 g/mol. The fourth-order valence-corrected chi connectivity index (χ4v) is 3.60. The zero-order valence-electron chi connectivity index (χ0n) is 13.5. The molecule has 1 aliphatic heterocycles. The molecule has 3 N–H and O–H groups in total. The Hall–Kier alpha value is -1.46. The van der Waals surface area contributed by atoms with Gasteiger partial charge in [-0.15, -0.1) is 0 Å². The molecule has 1 fully saturated rings. The molecule has 0 amide bonds. The number of halogens is 2. The summed E-state index contributed by atoms with van der Waals surface area (Å²) in [4.78, 5) is 2.31. The fourth-order valence-electron chi connectivity index (χ4n) is 3.30. The lowest BCUT2D eigenvalue weighted by molar-refractivity contribution is 0.146. The number of nitrogens with one attached hydrogen (secondary N) is 1. The molecule has 2 atom stereocenters. The molecule has 6 heteroatoms. The number of hydrogen-bond donors (Lipinski definition) is 2. The summed E-state index contributed by atoms with van der Waals surface area (Å²) < 4.78 is 5.42. The van der Waals surface area contributed by atoms with Crippen molar-refractivity contribution >= 4 is 34.6 Å². The Morgan fingerprint density at radius 2 is 1.88 bits per heavy atom. The summed E-state index contributed by atoms with van der Waals surface area (Å²) in [5, 5.41) is 4.91. The van der Waals surface area contributed by atoms with Crippen molar-refractivity contribution in [2.75, 3.05) is 37.4 Å². The molecule has 1 aliphatic rings. The predicted molar refractivity (Wildman–Crippen MR) is 101 cm³/mol. The van der Waals surface area contributed by atoms with Crippen molar-refractivity contribution in [1.29, 1.82) is 0 Å². The van der Waals surface area contributed by atoms with Gasteiger partial charge >= 0.3 is 0 Å². The van der Waals surface area contributed by atoms with Crippen LogP contribution in [0.2, 0.25) is 10.0 Å². The van der Waals surface area contributed by atoms with Crippen LogP contribution in [0.1, 0.15) is 11.6 Å². The molecule has 0 bridgehead atoms. The average molecular weight is 366 g/mol. The highest BCUT2D eigenvalue weighted by Crippen LogP contribution is 2.36. The number of nitrogens with two attached hydrogens (primary N) is 1. The first-order valence-electron chi connectivity index (χ1n) is 7.89. The zero-order valence-corrected chi connectivity index (χ0v) is 15.0. The Labute approximate surface area is 152 Å². The van der Waals surface area contributed by atoms with Crippen molar-refractivity contribution in [2.45, 2.75) is 12.1 Å². The summed E-state index contributed by atoms with van der Waals surface area (Å²) in [5.41, 5.74) is 9.07. The second-order valence-electron chi connectivity index (χ2n) is 5.91. The van der Waals surface area contributed by atoms with Crippen LogP contribution < -0.4 is 16.0 Å². The van der Waals surface area contributed by atoms with Crippen molar-refractivity contribution < 1.29 is 4.74 Å². The maximum Gasteiger partial charge on any atom is 0.0719 e. The number of nitrogen functional groups attached to an aromatic ring is 1. The van der Waals surface area contributed by atoms with E-state index >= 15 is 0 Å². The fraction of sp³-hybridized carbons (Fsp3) is 0.333. The standard InChI is InChI=1S/C18H21Cl2N3O/c1-24-11-16-18(12-2-4-13(19)5-3-12)23(9-8-22-16)17-7-6-14(20)10-15(17)21/h2-7,10,16,18,22H,8-9,11,21H2,1H3/t16-,18-/m0/s1. The van der Waals surface area contributed by atoms with Gasteiger partial charge in [-0.3, -0.25) is 0 Å². The van der Waals surface area contributed by atoms with E-state index in [1.807, 2.05) is 24.3 Å². The van der Waals surface area contributed by atoms with Crippen molar-refractivity contribution in [3.63, 3.8) is 0 Å². The van der Waals surface area contributed by atoms with E-state index in [-0.39, 0.29) is 12.1 Å². The van der Waals surface area contributed by atoms with Crippen LogP contribution in [0.3, 0.4) is 0 Å². The summed E-state index contributed by atoms with van der Waals surface area (Å²) in [7, 11) is 1.72. The lowest BCUT2D eigenvalue weighted by atomic mass is 9.94. The van der Waals surface area contributed by atoms with Gasteiger partial charge in [0, 0.05) is 30.2 Å². The molecule has 3 rings (SSSR count). The molecule has 0 radical (unpaired) electrons. The minimum Gasteiger partial charge on any atom is -0.397 e. The maximum atomic E-state index is 6.24. The molecule has 0 spiro atoms. The second-order valence-corrected chi connectivity index (χ2v) is 6.78. The maximum absolute atomic E-state index is 6.24. The SMILES string of the molecule is COC[C@@H]1NCCN(c2ccc(Cl)cc2N)[C@H]1c1ccc(Cl)cc1. The number of nitrogens with zero attached hydrogens (tertiary/aromatic N) is 1. The van der Waals surface area contributed by atoms with Gasteiger partial charge in [0.05, 0.1) is 30.1 Å². The lowest BCUT2D eigenvalue weighted by Gasteiger charge is -2.44. The van der Waals surface area contributed by atoms with Gasteiger partial charge in [0.2, 0.25) is 0 Å². The van der Waals surface area contributed by atoms with E-state index in [9.17, 15) is 0 Å². The number of anilines is 2. The molecule has 4 nitrogen and oxygen atoms in total. The van der Waals surface area contributed by atoms with Crippen LogP contribution in [-0.2, 0) is 4.74 Å². The van der Waals surface area contributed by atoms with Crippen molar-refractivity contribution in [3.8, 4) is 0 Å². The number of benzene rings is 2. The van der Waals surface area contributed by atoms with E-state index < -0.39 is 0 Å². The summed E-state index contributed by atoms with van der Waals surface area (Å²) in [6.07, 6.45) is 0. The van der Waals surface area contributed by atoms with Gasteiger partial charge in [-0.1, -0.05) is 35.3 Å². The highest BCUT2D eigenvalue weighted by Gasteiger charge is 2.33. The van der Waals surface area contributed by atoms with E-state index in [4.69, 9.17) is 33.7 Å². The van der Waals surface area contributed by atoms with E-state index in [0.717, 1.165) is 23.8 Å². The first-order chi connectivity index (χ1) is 11.6. The van der Waals surface area contributed by atoms with Gasteiger partial charge in [0.25, 0.3) is 0 Å². The molecular formula is C18H21Cl2N3O. The van der Waals surface area contributed by atoms with Gasteiger partial charge in [0.15, 0.2) is 0 Å². The van der Waals surface area contributed by atoms with Crippen LogP contribution in [0.5, 0.6) is 0 Å². The van der Waals surface area contributed by atoms with Crippen molar-refractivity contribution in [3.05, 3.63) is 58.1 Å². The third kappa shape index (κ3) is 3.62. The Morgan fingerprint density at radius 3 is 2.54 bits per heavy atom. The summed E-state index contributed by atoms with van der Waals surface area (Å²) in [5.74, 6) is 0. The van der Waals surface area contributed by atoms with Gasteiger partial charge in [-0.05, 0) is 35.9 Å². The topological polar surface area (TPSA) is 50.5 Å². The number of methoxy groups -OCH3 is 1. The Morgan fingerprint density at radius 1 is 1.17 bits per heavy atom. The number of rotatable bonds is 4. The quantitative estimate of drug-likeness (QED) is 0.810. The van der Waals surface area contributed by atoms with Crippen LogP contribution in [0.25, 0.3) is 0 Å². The summed E-state index contributed by atoms with van der Waals surface area (Å²) in [6.45, 7) is 2.32. The molecule has 128 valence electrons.